The summed E-state index contributed by atoms with van der Waals surface area (Å²) < 4.78 is 5.55. The van der Waals surface area contributed by atoms with Crippen molar-refractivity contribution in [2.75, 3.05) is 36.1 Å². The predicted molar refractivity (Wildman–Crippen MR) is 88.8 cm³/mol. The van der Waals surface area contributed by atoms with Crippen LogP contribution in [-0.2, 0) is 9.59 Å². The van der Waals surface area contributed by atoms with E-state index in [4.69, 9.17) is 4.74 Å². The summed E-state index contributed by atoms with van der Waals surface area (Å²) in [5.41, 5.74) is -0.218. The summed E-state index contributed by atoms with van der Waals surface area (Å²) in [5, 5.41) is 13.0. The van der Waals surface area contributed by atoms with E-state index in [1.54, 1.807) is 23.9 Å². The molecular weight excluding hydrogens is 316 g/mol. The second-order valence-electron chi connectivity index (χ2n) is 5.85. The Hall–Kier alpha value is -1.73. The number of hydrogen-bond acceptors (Lipinski definition) is 5. The molecule has 1 aromatic carbocycles. The van der Waals surface area contributed by atoms with Crippen molar-refractivity contribution >= 4 is 29.3 Å². The van der Waals surface area contributed by atoms with Gasteiger partial charge in [-0.1, -0.05) is 12.1 Å². The van der Waals surface area contributed by atoms with Gasteiger partial charge in [0.1, 0.15) is 12.3 Å². The minimum atomic E-state index is -0.829. The molecule has 2 amide bonds. The molecule has 7 heteroatoms. The third-order valence-electron chi connectivity index (χ3n) is 4.03. The van der Waals surface area contributed by atoms with E-state index in [-0.39, 0.29) is 31.3 Å². The number of ether oxygens (including phenoxy) is 1. The molecule has 0 unspecified atom stereocenters. The number of aliphatic hydroxyl groups is 1. The molecule has 0 bridgehead atoms. The Balaban J connectivity index is 1.66. The number of carbonyl (C=O) groups is 2. The average Bonchev–Trinajstić information content (AvgIpc) is 2.92. The first-order valence-corrected chi connectivity index (χ1v) is 8.82. The van der Waals surface area contributed by atoms with Crippen LogP contribution in [0.5, 0.6) is 5.75 Å². The number of hydrogen-bond donors (Lipinski definition) is 2. The smallest absolute Gasteiger partial charge is 0.240 e. The van der Waals surface area contributed by atoms with E-state index < -0.39 is 5.60 Å². The van der Waals surface area contributed by atoms with E-state index in [1.807, 2.05) is 12.1 Å². The monoisotopic (exact) mass is 336 g/mol. The lowest BCUT2D eigenvalue weighted by Crippen LogP contribution is -2.47. The van der Waals surface area contributed by atoms with Crippen LogP contribution < -0.4 is 15.0 Å². The van der Waals surface area contributed by atoms with Crippen molar-refractivity contribution in [2.45, 2.75) is 18.4 Å². The van der Waals surface area contributed by atoms with Gasteiger partial charge in [0.25, 0.3) is 0 Å². The topological polar surface area (TPSA) is 78.9 Å². The van der Waals surface area contributed by atoms with Crippen molar-refractivity contribution < 1.29 is 19.4 Å². The number of benzene rings is 1. The van der Waals surface area contributed by atoms with Crippen molar-refractivity contribution in [3.8, 4) is 5.75 Å². The molecule has 6 nitrogen and oxygen atoms in total. The van der Waals surface area contributed by atoms with Gasteiger partial charge in [0.15, 0.2) is 0 Å². The van der Waals surface area contributed by atoms with Crippen LogP contribution in [0.25, 0.3) is 0 Å². The fourth-order valence-corrected chi connectivity index (χ4v) is 3.99. The van der Waals surface area contributed by atoms with Crippen LogP contribution in [0.15, 0.2) is 24.3 Å². The Morgan fingerprint density at radius 2 is 2.26 bits per heavy atom. The standard InChI is InChI=1S/C16H20N2O4S/c19-14(17-10-16(21)6-8-23-11-16)9-18-12-3-1-2-4-13(12)22-7-5-15(18)20/h1-4,21H,5-11H2,(H,17,19)/t16-/m1/s1. The Labute approximate surface area is 139 Å². The Morgan fingerprint density at radius 1 is 1.43 bits per heavy atom. The molecule has 0 spiro atoms. The molecule has 2 N–H and O–H groups in total. The lowest BCUT2D eigenvalue weighted by Gasteiger charge is -2.24. The van der Waals surface area contributed by atoms with E-state index in [0.29, 0.717) is 30.2 Å². The lowest BCUT2D eigenvalue weighted by atomic mass is 10.0. The molecule has 1 fully saturated rings. The van der Waals surface area contributed by atoms with Crippen LogP contribution in [0.4, 0.5) is 5.69 Å². The molecule has 2 aliphatic heterocycles. The summed E-state index contributed by atoms with van der Waals surface area (Å²) in [6, 6.07) is 7.20. The van der Waals surface area contributed by atoms with Gasteiger partial charge >= 0.3 is 0 Å². The van der Waals surface area contributed by atoms with Gasteiger partial charge in [-0.05, 0) is 24.3 Å². The highest BCUT2D eigenvalue weighted by molar-refractivity contribution is 7.99. The largest absolute Gasteiger partial charge is 0.491 e. The van der Waals surface area contributed by atoms with Crippen molar-refractivity contribution in [1.82, 2.24) is 5.32 Å². The number of para-hydroxylation sites is 2. The van der Waals surface area contributed by atoms with Gasteiger partial charge < -0.3 is 15.2 Å². The number of amides is 2. The summed E-state index contributed by atoms with van der Waals surface area (Å²) in [5.74, 6) is 1.73. The summed E-state index contributed by atoms with van der Waals surface area (Å²) in [6.07, 6.45) is 0.916. The van der Waals surface area contributed by atoms with E-state index in [9.17, 15) is 14.7 Å². The second-order valence-corrected chi connectivity index (χ2v) is 6.95. The summed E-state index contributed by atoms with van der Waals surface area (Å²) >= 11 is 1.68. The average molecular weight is 336 g/mol. The summed E-state index contributed by atoms with van der Waals surface area (Å²) in [7, 11) is 0. The second kappa shape index (κ2) is 6.80. The van der Waals surface area contributed by atoms with E-state index >= 15 is 0 Å². The first-order valence-electron chi connectivity index (χ1n) is 7.66. The number of nitrogens with one attached hydrogen (secondary N) is 1. The third kappa shape index (κ3) is 3.79. The van der Waals surface area contributed by atoms with Gasteiger partial charge in [-0.2, -0.15) is 11.8 Å². The molecule has 0 aliphatic carbocycles. The highest BCUT2D eigenvalue weighted by Gasteiger charge is 2.32. The molecule has 1 aromatic rings. The van der Waals surface area contributed by atoms with Gasteiger partial charge in [0, 0.05) is 12.3 Å². The van der Waals surface area contributed by atoms with Crippen LogP contribution >= 0.6 is 11.8 Å². The predicted octanol–water partition coefficient (Wildman–Crippen LogP) is 0.786. The van der Waals surface area contributed by atoms with Crippen LogP contribution in [0, 0.1) is 0 Å². The van der Waals surface area contributed by atoms with Crippen LogP contribution in [-0.4, -0.2) is 53.7 Å². The molecule has 0 radical (unpaired) electrons. The molecular formula is C16H20N2O4S. The molecule has 124 valence electrons. The number of rotatable bonds is 4. The minimum Gasteiger partial charge on any atom is -0.491 e. The highest BCUT2D eigenvalue weighted by Crippen LogP contribution is 2.31. The summed E-state index contributed by atoms with van der Waals surface area (Å²) in [4.78, 5) is 25.9. The molecule has 0 saturated carbocycles. The van der Waals surface area contributed by atoms with Gasteiger partial charge in [0.2, 0.25) is 11.8 Å². The SMILES string of the molecule is O=C(CN1C(=O)CCOc2ccccc21)NC[C@]1(O)CCSC1. The first-order chi connectivity index (χ1) is 11.1. The zero-order valence-corrected chi connectivity index (χ0v) is 13.6. The number of carbonyl (C=O) groups excluding carboxylic acids is 2. The van der Waals surface area contributed by atoms with Crippen molar-refractivity contribution in [1.29, 1.82) is 0 Å². The number of thioether (sulfide) groups is 1. The molecule has 2 heterocycles. The minimum absolute atomic E-state index is 0.0670. The van der Waals surface area contributed by atoms with Gasteiger partial charge in [-0.3, -0.25) is 14.5 Å². The third-order valence-corrected chi connectivity index (χ3v) is 5.26. The summed E-state index contributed by atoms with van der Waals surface area (Å²) in [6.45, 7) is 0.465. The molecule has 23 heavy (non-hydrogen) atoms. The van der Waals surface area contributed by atoms with Crippen LogP contribution in [0.2, 0.25) is 0 Å². The fraction of sp³-hybridized carbons (Fsp3) is 0.500. The number of fused-ring (bicyclic) bond motifs is 1. The van der Waals surface area contributed by atoms with Gasteiger partial charge in [-0.15, -0.1) is 0 Å². The quantitative estimate of drug-likeness (QED) is 0.850. The molecule has 0 aromatic heterocycles. The first kappa shape index (κ1) is 16.1. The van der Waals surface area contributed by atoms with E-state index in [2.05, 4.69) is 5.32 Å². The molecule has 2 aliphatic rings. The Kier molecular flexibility index (Phi) is 4.77. The maximum Gasteiger partial charge on any atom is 0.240 e. The Bertz CT molecular complexity index is 601. The molecule has 1 saturated heterocycles. The van der Waals surface area contributed by atoms with Crippen molar-refractivity contribution in [3.05, 3.63) is 24.3 Å². The molecule has 3 rings (SSSR count). The Morgan fingerprint density at radius 3 is 3.04 bits per heavy atom. The zero-order chi connectivity index (χ0) is 16.3. The van der Waals surface area contributed by atoms with Gasteiger partial charge in [0.05, 0.1) is 24.3 Å². The lowest BCUT2D eigenvalue weighted by molar-refractivity contribution is -0.124. The normalized spacial score (nSPS) is 23.9. The molecule has 1 atom stereocenters. The van der Waals surface area contributed by atoms with Crippen LogP contribution in [0.1, 0.15) is 12.8 Å². The zero-order valence-electron chi connectivity index (χ0n) is 12.8. The number of anilines is 1. The highest BCUT2D eigenvalue weighted by atomic mass is 32.2. The van der Waals surface area contributed by atoms with Crippen LogP contribution in [0.3, 0.4) is 0 Å². The van der Waals surface area contributed by atoms with Crippen molar-refractivity contribution in [2.24, 2.45) is 0 Å². The number of nitrogens with zero attached hydrogens (tertiary/aromatic N) is 1. The van der Waals surface area contributed by atoms with Gasteiger partial charge in [-0.25, -0.2) is 0 Å². The van der Waals surface area contributed by atoms with E-state index in [0.717, 1.165) is 5.75 Å². The maximum absolute atomic E-state index is 12.2. The van der Waals surface area contributed by atoms with E-state index in [1.165, 1.54) is 4.90 Å². The fourth-order valence-electron chi connectivity index (χ4n) is 2.69. The van der Waals surface area contributed by atoms with Crippen molar-refractivity contribution in [3.63, 3.8) is 0 Å². The maximum atomic E-state index is 12.2.